The number of ether oxygens (including phenoxy) is 1. The Labute approximate surface area is 67.7 Å². The number of rotatable bonds is 6. The maximum Gasteiger partial charge on any atom is 0.0654 e. The number of hydrogen-bond acceptors (Lipinski definition) is 3. The lowest BCUT2D eigenvalue weighted by molar-refractivity contribution is 0.125. The summed E-state index contributed by atoms with van der Waals surface area (Å²) in [5.41, 5.74) is 11.0. The van der Waals surface area contributed by atoms with Gasteiger partial charge >= 0.3 is 0 Å². The fourth-order valence-electron chi connectivity index (χ4n) is 0.476. The normalized spacial score (nSPS) is 15.5. The zero-order valence-electron chi connectivity index (χ0n) is 6.70. The fourth-order valence-corrected chi connectivity index (χ4v) is 0.476. The minimum atomic E-state index is -0.105. The zero-order chi connectivity index (χ0) is 8.69. The van der Waals surface area contributed by atoms with Crippen LogP contribution in [0.2, 0.25) is 0 Å². The summed E-state index contributed by atoms with van der Waals surface area (Å²) in [6.45, 7) is 7.97. The predicted octanol–water partition coefficient (Wildman–Crippen LogP) is 0.0296. The summed E-state index contributed by atoms with van der Waals surface area (Å²) in [7, 11) is 0. The van der Waals surface area contributed by atoms with Gasteiger partial charge in [0.15, 0.2) is 0 Å². The Balaban J connectivity index is 3.26. The van der Waals surface area contributed by atoms with Gasteiger partial charge in [-0.25, -0.2) is 0 Å². The molecule has 11 heavy (non-hydrogen) atoms. The van der Waals surface area contributed by atoms with E-state index >= 15 is 0 Å². The SMILES string of the molecule is C=CC(N)COCC(N)C=C. The summed E-state index contributed by atoms with van der Waals surface area (Å²) in [5, 5.41) is 0. The summed E-state index contributed by atoms with van der Waals surface area (Å²) in [6, 6.07) is -0.209. The summed E-state index contributed by atoms with van der Waals surface area (Å²) in [6.07, 6.45) is 3.28. The highest BCUT2D eigenvalue weighted by atomic mass is 16.5. The van der Waals surface area contributed by atoms with E-state index in [1.165, 1.54) is 0 Å². The van der Waals surface area contributed by atoms with Crippen molar-refractivity contribution < 1.29 is 4.74 Å². The van der Waals surface area contributed by atoms with Crippen molar-refractivity contribution in [1.29, 1.82) is 0 Å². The average molecular weight is 156 g/mol. The third-order valence-electron chi connectivity index (χ3n) is 1.23. The van der Waals surface area contributed by atoms with Crippen molar-refractivity contribution in [1.82, 2.24) is 0 Å². The monoisotopic (exact) mass is 156 g/mol. The number of hydrogen-bond donors (Lipinski definition) is 2. The Morgan fingerprint density at radius 1 is 1.09 bits per heavy atom. The van der Waals surface area contributed by atoms with Crippen LogP contribution in [-0.2, 0) is 4.74 Å². The highest BCUT2D eigenvalue weighted by Gasteiger charge is 1.98. The van der Waals surface area contributed by atoms with Gasteiger partial charge in [0, 0.05) is 12.1 Å². The Kier molecular flexibility index (Phi) is 5.74. The standard InChI is InChI=1S/C8H16N2O/c1-3-7(9)5-11-6-8(10)4-2/h3-4,7-8H,1-2,5-6,9-10H2. The molecule has 0 amide bonds. The molecule has 0 heterocycles. The Bertz CT molecular complexity index is 111. The van der Waals surface area contributed by atoms with Crippen molar-refractivity contribution in [3.8, 4) is 0 Å². The van der Waals surface area contributed by atoms with E-state index in [1.807, 2.05) is 0 Å². The van der Waals surface area contributed by atoms with E-state index in [0.29, 0.717) is 13.2 Å². The minimum Gasteiger partial charge on any atom is -0.378 e. The van der Waals surface area contributed by atoms with Crippen molar-refractivity contribution in [2.45, 2.75) is 12.1 Å². The minimum absolute atomic E-state index is 0.105. The quantitative estimate of drug-likeness (QED) is 0.533. The molecule has 3 nitrogen and oxygen atoms in total. The second kappa shape index (κ2) is 6.09. The molecular weight excluding hydrogens is 140 g/mol. The third-order valence-corrected chi connectivity index (χ3v) is 1.23. The summed E-state index contributed by atoms with van der Waals surface area (Å²) >= 11 is 0. The fraction of sp³-hybridized carbons (Fsp3) is 0.500. The molecular formula is C8H16N2O. The van der Waals surface area contributed by atoms with Crippen molar-refractivity contribution in [3.05, 3.63) is 25.3 Å². The zero-order valence-corrected chi connectivity index (χ0v) is 6.70. The predicted molar refractivity (Wildman–Crippen MR) is 47.2 cm³/mol. The summed E-state index contributed by atoms with van der Waals surface area (Å²) < 4.78 is 5.15. The van der Waals surface area contributed by atoms with Gasteiger partial charge in [-0.1, -0.05) is 12.2 Å². The molecule has 0 aromatic carbocycles. The first-order valence-corrected chi connectivity index (χ1v) is 3.54. The topological polar surface area (TPSA) is 61.3 Å². The Morgan fingerprint density at radius 3 is 1.73 bits per heavy atom. The third kappa shape index (κ3) is 5.79. The van der Waals surface area contributed by atoms with E-state index in [0.717, 1.165) is 0 Å². The lowest BCUT2D eigenvalue weighted by atomic mass is 10.3. The van der Waals surface area contributed by atoms with Crippen LogP contribution in [0.3, 0.4) is 0 Å². The van der Waals surface area contributed by atoms with Gasteiger partial charge < -0.3 is 16.2 Å². The molecule has 2 atom stereocenters. The first-order chi connectivity index (χ1) is 5.20. The van der Waals surface area contributed by atoms with E-state index in [4.69, 9.17) is 16.2 Å². The molecule has 0 bridgehead atoms. The largest absolute Gasteiger partial charge is 0.378 e. The molecule has 64 valence electrons. The van der Waals surface area contributed by atoms with Crippen molar-refractivity contribution >= 4 is 0 Å². The van der Waals surface area contributed by atoms with Crippen LogP contribution in [0.25, 0.3) is 0 Å². The van der Waals surface area contributed by atoms with Gasteiger partial charge in [0.25, 0.3) is 0 Å². The molecule has 0 aliphatic heterocycles. The maximum absolute atomic E-state index is 5.49. The molecule has 0 radical (unpaired) electrons. The van der Waals surface area contributed by atoms with Gasteiger partial charge in [0.2, 0.25) is 0 Å². The molecule has 0 aliphatic rings. The molecule has 0 spiro atoms. The molecule has 0 saturated heterocycles. The van der Waals surface area contributed by atoms with Crippen LogP contribution in [0.4, 0.5) is 0 Å². The molecule has 3 heteroatoms. The van der Waals surface area contributed by atoms with Crippen molar-refractivity contribution in [2.24, 2.45) is 11.5 Å². The molecule has 0 fully saturated rings. The van der Waals surface area contributed by atoms with Crippen LogP contribution < -0.4 is 11.5 Å². The van der Waals surface area contributed by atoms with E-state index < -0.39 is 0 Å². The smallest absolute Gasteiger partial charge is 0.0654 e. The van der Waals surface area contributed by atoms with E-state index in [9.17, 15) is 0 Å². The second-order valence-electron chi connectivity index (χ2n) is 2.34. The van der Waals surface area contributed by atoms with Crippen molar-refractivity contribution in [3.63, 3.8) is 0 Å². The van der Waals surface area contributed by atoms with Gasteiger partial charge in [-0.05, 0) is 0 Å². The van der Waals surface area contributed by atoms with Gasteiger partial charge in [-0.3, -0.25) is 0 Å². The lowest BCUT2D eigenvalue weighted by Crippen LogP contribution is -2.29. The van der Waals surface area contributed by atoms with Gasteiger partial charge in [-0.15, -0.1) is 13.2 Å². The molecule has 0 aromatic heterocycles. The Hall–Kier alpha value is -0.640. The number of nitrogens with two attached hydrogens (primary N) is 2. The van der Waals surface area contributed by atoms with Gasteiger partial charge in [0.1, 0.15) is 0 Å². The van der Waals surface area contributed by atoms with Crippen molar-refractivity contribution in [2.75, 3.05) is 13.2 Å². The average Bonchev–Trinajstić information content (AvgIpc) is 2.04. The maximum atomic E-state index is 5.49. The van der Waals surface area contributed by atoms with Crippen LogP contribution in [-0.4, -0.2) is 25.3 Å². The van der Waals surface area contributed by atoms with Crippen LogP contribution in [0.5, 0.6) is 0 Å². The molecule has 0 aliphatic carbocycles. The lowest BCUT2D eigenvalue weighted by Gasteiger charge is -2.09. The van der Waals surface area contributed by atoms with Crippen LogP contribution in [0.15, 0.2) is 25.3 Å². The summed E-state index contributed by atoms with van der Waals surface area (Å²) in [5.74, 6) is 0. The highest BCUT2D eigenvalue weighted by molar-refractivity contribution is 4.84. The second-order valence-corrected chi connectivity index (χ2v) is 2.34. The Morgan fingerprint density at radius 2 is 1.45 bits per heavy atom. The molecule has 0 rings (SSSR count). The summed E-state index contributed by atoms with van der Waals surface area (Å²) in [4.78, 5) is 0. The van der Waals surface area contributed by atoms with Crippen LogP contribution in [0.1, 0.15) is 0 Å². The molecule has 4 N–H and O–H groups in total. The van der Waals surface area contributed by atoms with Gasteiger partial charge in [-0.2, -0.15) is 0 Å². The van der Waals surface area contributed by atoms with E-state index in [-0.39, 0.29) is 12.1 Å². The van der Waals surface area contributed by atoms with E-state index in [1.54, 1.807) is 12.2 Å². The van der Waals surface area contributed by atoms with Crippen LogP contribution in [0, 0.1) is 0 Å². The van der Waals surface area contributed by atoms with Crippen LogP contribution >= 0.6 is 0 Å². The van der Waals surface area contributed by atoms with E-state index in [2.05, 4.69) is 13.2 Å². The highest BCUT2D eigenvalue weighted by Crippen LogP contribution is 1.86. The van der Waals surface area contributed by atoms with Gasteiger partial charge in [0.05, 0.1) is 13.2 Å². The molecule has 0 saturated carbocycles. The molecule has 0 aromatic rings. The first-order valence-electron chi connectivity index (χ1n) is 3.54. The first kappa shape index (κ1) is 10.4. The molecule has 2 unspecified atom stereocenters.